The fourth-order valence-electron chi connectivity index (χ4n) is 3.47. The van der Waals surface area contributed by atoms with Crippen LogP contribution in [0.3, 0.4) is 0 Å². The molecule has 130 valence electrons. The average molecular weight is 325 g/mol. The molecular formula is C23H34N+. The van der Waals surface area contributed by atoms with Crippen molar-refractivity contribution in [2.45, 2.75) is 61.3 Å². The van der Waals surface area contributed by atoms with E-state index in [9.17, 15) is 0 Å². The molecule has 0 N–H and O–H groups in total. The summed E-state index contributed by atoms with van der Waals surface area (Å²) < 4.78 is 2.31. The number of rotatable bonds is 4. The Hall–Kier alpha value is -1.63. The van der Waals surface area contributed by atoms with E-state index in [-0.39, 0.29) is 0 Å². The van der Waals surface area contributed by atoms with Crippen molar-refractivity contribution in [3.63, 3.8) is 0 Å². The highest BCUT2D eigenvalue weighted by molar-refractivity contribution is 5.62. The van der Waals surface area contributed by atoms with E-state index in [1.807, 2.05) is 0 Å². The van der Waals surface area contributed by atoms with Gasteiger partial charge < -0.3 is 0 Å². The van der Waals surface area contributed by atoms with Crippen molar-refractivity contribution in [3.8, 4) is 11.3 Å². The van der Waals surface area contributed by atoms with Crippen LogP contribution in [0.15, 0.2) is 30.5 Å². The molecule has 0 bridgehead atoms. The first-order chi connectivity index (χ1) is 11.1. The molecule has 1 aromatic heterocycles. The van der Waals surface area contributed by atoms with Crippen LogP contribution in [-0.4, -0.2) is 0 Å². The maximum Gasteiger partial charge on any atom is 0.212 e. The highest BCUT2D eigenvalue weighted by Crippen LogP contribution is 2.28. The van der Waals surface area contributed by atoms with Gasteiger partial charge in [0.2, 0.25) is 5.69 Å². The second-order valence-corrected chi connectivity index (χ2v) is 8.97. The minimum atomic E-state index is 0.306. The normalized spacial score (nSPS) is 12.0. The topological polar surface area (TPSA) is 3.88 Å². The lowest BCUT2D eigenvalue weighted by Gasteiger charge is -2.21. The zero-order chi connectivity index (χ0) is 18.1. The van der Waals surface area contributed by atoms with Crippen LogP contribution in [-0.2, 0) is 19.9 Å². The molecule has 0 saturated heterocycles. The van der Waals surface area contributed by atoms with Crippen LogP contribution in [0.4, 0.5) is 0 Å². The minimum absolute atomic E-state index is 0.306. The van der Waals surface area contributed by atoms with Crippen LogP contribution in [0.1, 0.15) is 56.9 Å². The number of hydrogen-bond donors (Lipinski definition) is 0. The van der Waals surface area contributed by atoms with Crippen LogP contribution in [0.2, 0.25) is 0 Å². The molecule has 1 heteroatoms. The highest BCUT2D eigenvalue weighted by Gasteiger charge is 2.21. The summed E-state index contributed by atoms with van der Waals surface area (Å²) in [6, 6.07) is 9.19. The monoisotopic (exact) mass is 324 g/mol. The summed E-state index contributed by atoms with van der Waals surface area (Å²) in [5, 5.41) is 0. The molecule has 0 fully saturated rings. The second-order valence-electron chi connectivity index (χ2n) is 8.97. The van der Waals surface area contributed by atoms with Crippen LogP contribution in [0.25, 0.3) is 11.3 Å². The van der Waals surface area contributed by atoms with Gasteiger partial charge in [-0.2, -0.15) is 0 Å². The molecule has 0 spiro atoms. The molecule has 0 atom stereocenters. The Morgan fingerprint density at radius 2 is 1.67 bits per heavy atom. The number of hydrogen-bond acceptors (Lipinski definition) is 0. The SMILES string of the molecule is Cc1ccc(-c2cc(CC(C)C)c(CC(C)(C)C)c[n+]2C)c(C)c1. The molecule has 0 saturated carbocycles. The Balaban J connectivity index is 2.57. The van der Waals surface area contributed by atoms with Crippen molar-refractivity contribution in [1.29, 1.82) is 0 Å². The third kappa shape index (κ3) is 4.69. The molecule has 2 aromatic rings. The third-order valence-corrected chi connectivity index (χ3v) is 4.46. The Labute approximate surface area is 148 Å². The van der Waals surface area contributed by atoms with Crippen molar-refractivity contribution >= 4 is 0 Å². The van der Waals surface area contributed by atoms with E-state index in [1.54, 1.807) is 0 Å². The standard InChI is InChI=1S/C23H34N/c1-16(2)11-19-13-22(21-10-9-17(3)12-18(21)4)24(8)15-20(19)14-23(5,6)7/h9-10,12-13,15-16H,11,14H2,1-8H3/q+1. The fourth-order valence-corrected chi connectivity index (χ4v) is 3.47. The lowest BCUT2D eigenvalue weighted by molar-refractivity contribution is -0.660. The van der Waals surface area contributed by atoms with E-state index in [0.29, 0.717) is 11.3 Å². The van der Waals surface area contributed by atoms with Gasteiger partial charge in [0.25, 0.3) is 0 Å². The van der Waals surface area contributed by atoms with Gasteiger partial charge in [-0.1, -0.05) is 52.3 Å². The zero-order valence-corrected chi connectivity index (χ0v) is 16.8. The molecule has 2 rings (SSSR count). The summed E-state index contributed by atoms with van der Waals surface area (Å²) >= 11 is 0. The summed E-state index contributed by atoms with van der Waals surface area (Å²) in [7, 11) is 2.18. The van der Waals surface area contributed by atoms with E-state index < -0.39 is 0 Å². The molecule has 1 heterocycles. The number of nitrogens with zero attached hydrogens (tertiary/aromatic N) is 1. The minimum Gasteiger partial charge on any atom is -0.201 e. The second kappa shape index (κ2) is 7.09. The maximum atomic E-state index is 2.43. The van der Waals surface area contributed by atoms with Gasteiger partial charge in [0, 0.05) is 17.2 Å². The Morgan fingerprint density at radius 3 is 2.21 bits per heavy atom. The molecule has 1 nitrogen and oxygen atoms in total. The van der Waals surface area contributed by atoms with Gasteiger partial charge in [-0.05, 0) is 55.2 Å². The predicted molar refractivity (Wildman–Crippen MR) is 104 cm³/mol. The summed E-state index contributed by atoms with van der Waals surface area (Å²) in [6.07, 6.45) is 4.62. The third-order valence-electron chi connectivity index (χ3n) is 4.46. The van der Waals surface area contributed by atoms with Crippen molar-refractivity contribution in [3.05, 3.63) is 52.7 Å². The smallest absolute Gasteiger partial charge is 0.201 e. The first-order valence-electron chi connectivity index (χ1n) is 9.16. The molecule has 24 heavy (non-hydrogen) atoms. The number of pyridine rings is 1. The Kier molecular flexibility index (Phi) is 5.52. The van der Waals surface area contributed by atoms with Gasteiger partial charge in [-0.3, -0.25) is 0 Å². The van der Waals surface area contributed by atoms with E-state index in [1.165, 1.54) is 33.5 Å². The Bertz CT molecular complexity index is 718. The van der Waals surface area contributed by atoms with Gasteiger partial charge >= 0.3 is 0 Å². The van der Waals surface area contributed by atoms with Gasteiger partial charge in [-0.25, -0.2) is 4.57 Å². The Morgan fingerprint density at radius 1 is 1.00 bits per heavy atom. The molecule has 0 aliphatic heterocycles. The molecule has 0 radical (unpaired) electrons. The van der Waals surface area contributed by atoms with E-state index in [4.69, 9.17) is 0 Å². The average Bonchev–Trinajstić information content (AvgIpc) is 2.40. The van der Waals surface area contributed by atoms with Crippen molar-refractivity contribution < 1.29 is 4.57 Å². The lowest BCUT2D eigenvalue weighted by Crippen LogP contribution is -2.33. The van der Waals surface area contributed by atoms with Crippen LogP contribution in [0, 0.1) is 25.2 Å². The first kappa shape index (κ1) is 18.7. The van der Waals surface area contributed by atoms with Crippen LogP contribution in [0.5, 0.6) is 0 Å². The maximum absolute atomic E-state index is 2.43. The van der Waals surface area contributed by atoms with Gasteiger partial charge in [-0.15, -0.1) is 0 Å². The van der Waals surface area contributed by atoms with Gasteiger partial charge in [0.05, 0.1) is 0 Å². The summed E-state index contributed by atoms with van der Waals surface area (Å²) in [4.78, 5) is 0. The number of aryl methyl sites for hydroxylation is 3. The predicted octanol–water partition coefficient (Wildman–Crippen LogP) is 5.58. The van der Waals surface area contributed by atoms with Crippen molar-refractivity contribution in [1.82, 2.24) is 0 Å². The molecule has 0 aliphatic carbocycles. The van der Waals surface area contributed by atoms with Gasteiger partial charge in [0.15, 0.2) is 6.20 Å². The van der Waals surface area contributed by atoms with Crippen molar-refractivity contribution in [2.24, 2.45) is 18.4 Å². The van der Waals surface area contributed by atoms with E-state index in [2.05, 4.69) is 90.5 Å². The van der Waals surface area contributed by atoms with Gasteiger partial charge in [0.1, 0.15) is 7.05 Å². The lowest BCUT2D eigenvalue weighted by atomic mass is 9.85. The number of aromatic nitrogens is 1. The largest absolute Gasteiger partial charge is 0.212 e. The van der Waals surface area contributed by atoms with Crippen LogP contribution < -0.4 is 4.57 Å². The summed E-state index contributed by atoms with van der Waals surface area (Å²) in [6.45, 7) is 16.0. The molecule has 0 unspecified atom stereocenters. The van der Waals surface area contributed by atoms with Crippen LogP contribution >= 0.6 is 0 Å². The summed E-state index contributed by atoms with van der Waals surface area (Å²) in [5.41, 5.74) is 8.65. The molecule has 0 aliphatic rings. The van der Waals surface area contributed by atoms with E-state index in [0.717, 1.165) is 12.8 Å². The summed E-state index contributed by atoms with van der Waals surface area (Å²) in [5.74, 6) is 0.670. The zero-order valence-electron chi connectivity index (χ0n) is 16.8. The quantitative estimate of drug-likeness (QED) is 0.646. The highest BCUT2D eigenvalue weighted by atomic mass is 14.9. The van der Waals surface area contributed by atoms with E-state index >= 15 is 0 Å². The molecule has 0 amide bonds. The van der Waals surface area contributed by atoms with Crippen molar-refractivity contribution in [2.75, 3.05) is 0 Å². The number of benzene rings is 1. The molecule has 1 aromatic carbocycles. The fraction of sp³-hybridized carbons (Fsp3) is 0.522. The first-order valence-corrected chi connectivity index (χ1v) is 9.16. The molecular weight excluding hydrogens is 290 g/mol.